The Labute approximate surface area is 478 Å². The molecule has 4 aromatic heterocycles. The smallest absolute Gasteiger partial charge is 0.335 e. The van der Waals surface area contributed by atoms with E-state index in [1.807, 2.05) is 9.80 Å². The summed E-state index contributed by atoms with van der Waals surface area (Å²) in [5, 5.41) is 22.2. The molecule has 0 N–H and O–H groups in total. The van der Waals surface area contributed by atoms with Gasteiger partial charge in [0.1, 0.15) is 45.6 Å². The number of hydrogen-bond donors (Lipinski definition) is 0. The minimum absolute atomic E-state index is 0. The van der Waals surface area contributed by atoms with Crippen molar-refractivity contribution in [1.82, 2.24) is 58.5 Å². The van der Waals surface area contributed by atoms with Gasteiger partial charge in [0.2, 0.25) is 31.5 Å². The second-order valence-corrected chi connectivity index (χ2v) is 22.8. The van der Waals surface area contributed by atoms with Gasteiger partial charge in [0.15, 0.2) is 0 Å². The van der Waals surface area contributed by atoms with E-state index >= 15 is 0 Å². The van der Waals surface area contributed by atoms with E-state index in [0.29, 0.717) is 42.6 Å². The Hall–Kier alpha value is -7.15. The molecule has 2 saturated carbocycles. The van der Waals surface area contributed by atoms with Gasteiger partial charge < -0.3 is 28.7 Å². The van der Waals surface area contributed by atoms with E-state index < -0.39 is 59.6 Å². The first-order chi connectivity index (χ1) is 37.9. The van der Waals surface area contributed by atoms with Gasteiger partial charge in [0, 0.05) is 64.5 Å². The van der Waals surface area contributed by atoms with Crippen molar-refractivity contribution in [2.24, 2.45) is 0 Å². The van der Waals surface area contributed by atoms with E-state index in [2.05, 4.69) is 45.3 Å². The zero-order valence-electron chi connectivity index (χ0n) is 42.8. The monoisotopic (exact) mass is 1210 g/mol. The lowest BCUT2D eigenvalue weighted by Crippen LogP contribution is -2.49. The quantitative estimate of drug-likeness (QED) is 0.0849. The van der Waals surface area contributed by atoms with Crippen LogP contribution in [-0.4, -0.2) is 159 Å². The van der Waals surface area contributed by atoms with Gasteiger partial charge in [-0.1, -0.05) is 32.5 Å². The van der Waals surface area contributed by atoms with Crippen molar-refractivity contribution in [3.05, 3.63) is 117 Å². The SMILES string of the molecule is C.C.C.COc1nccnn1.COc1nncc(CS(=O)(=O)N2CCN(c3cnn(-c4cc(F)cc(F)c4)c(=O)c3OC3CCCC3)CC2)n1.O=c1c(OC2CCCC2)c(N2CCN(S(=O)(=O)CCl)CC2)cnn1-c1cc(F)cc(F)c1. The molecule has 0 radical (unpaired) electrons. The molecule has 0 spiro atoms. The van der Waals surface area contributed by atoms with Gasteiger partial charge in [-0.25, -0.2) is 39.4 Å². The molecule has 10 rings (SSSR count). The van der Waals surface area contributed by atoms with Crippen LogP contribution < -0.4 is 39.9 Å². The van der Waals surface area contributed by atoms with E-state index in [1.165, 1.54) is 53.8 Å². The number of rotatable bonds is 15. The summed E-state index contributed by atoms with van der Waals surface area (Å²) >= 11 is 5.55. The lowest BCUT2D eigenvalue weighted by Gasteiger charge is -2.35. The highest BCUT2D eigenvalue weighted by Gasteiger charge is 2.33. The molecule has 0 amide bonds. The number of hydrogen-bond acceptors (Lipinski definition) is 20. The molecule has 4 fully saturated rings. The largest absolute Gasteiger partial charge is 0.483 e. The number of anilines is 2. The summed E-state index contributed by atoms with van der Waals surface area (Å²) in [6, 6.07) is 5.78. The summed E-state index contributed by atoms with van der Waals surface area (Å²) in [6.07, 6.45) is 13.9. The summed E-state index contributed by atoms with van der Waals surface area (Å²) in [5.41, 5.74) is -0.349. The molecule has 2 saturated heterocycles. The molecule has 0 bridgehead atoms. The van der Waals surface area contributed by atoms with E-state index in [0.717, 1.165) is 85.0 Å². The van der Waals surface area contributed by atoms with Crippen molar-refractivity contribution < 1.29 is 53.3 Å². The highest BCUT2D eigenvalue weighted by molar-refractivity contribution is 7.90. The van der Waals surface area contributed by atoms with Crippen LogP contribution in [0.4, 0.5) is 28.9 Å². The Morgan fingerprint density at radius 2 is 0.976 bits per heavy atom. The van der Waals surface area contributed by atoms with Crippen LogP contribution in [0.25, 0.3) is 11.4 Å². The zero-order valence-corrected chi connectivity index (χ0v) is 45.2. The van der Waals surface area contributed by atoms with E-state index in [4.69, 9.17) is 25.8 Å². The molecule has 448 valence electrons. The fraction of sp³-hybridized carbons (Fsp3) is 0.490. The Kier molecular flexibility index (Phi) is 23.8. The van der Waals surface area contributed by atoms with Crippen LogP contribution >= 0.6 is 11.6 Å². The molecule has 2 aromatic carbocycles. The molecule has 24 nitrogen and oxygen atoms in total. The number of benzene rings is 2. The van der Waals surface area contributed by atoms with E-state index in [-0.39, 0.29) is 114 Å². The molecule has 31 heteroatoms. The molecule has 6 aromatic rings. The first-order valence-corrected chi connectivity index (χ1v) is 28.6. The lowest BCUT2D eigenvalue weighted by molar-refractivity contribution is 0.205. The average molecular weight is 1210 g/mol. The van der Waals surface area contributed by atoms with Crippen molar-refractivity contribution in [3.63, 3.8) is 0 Å². The van der Waals surface area contributed by atoms with Gasteiger partial charge >= 0.3 is 23.1 Å². The van der Waals surface area contributed by atoms with Crippen LogP contribution in [-0.2, 0) is 25.8 Å². The van der Waals surface area contributed by atoms with Crippen molar-refractivity contribution in [3.8, 4) is 34.9 Å². The molecule has 0 unspecified atom stereocenters. The molecule has 82 heavy (non-hydrogen) atoms. The Morgan fingerprint density at radius 3 is 1.35 bits per heavy atom. The molecule has 6 heterocycles. The topological polar surface area (TPSA) is 265 Å². The molecule has 2 aliphatic carbocycles. The first kappa shape index (κ1) is 65.7. The highest BCUT2D eigenvalue weighted by atomic mass is 35.5. The van der Waals surface area contributed by atoms with Gasteiger partial charge in [0.25, 0.3) is 0 Å². The third-order valence-electron chi connectivity index (χ3n) is 13.0. The van der Waals surface area contributed by atoms with Gasteiger partial charge in [-0.05, 0) is 75.6 Å². The minimum Gasteiger partial charge on any atom is -0.483 e. The first-order valence-electron chi connectivity index (χ1n) is 24.9. The number of halogens is 5. The second-order valence-electron chi connectivity index (χ2n) is 18.3. The van der Waals surface area contributed by atoms with E-state index in [1.54, 1.807) is 0 Å². The summed E-state index contributed by atoms with van der Waals surface area (Å²) < 4.78 is 132. The van der Waals surface area contributed by atoms with Crippen LogP contribution in [0.2, 0.25) is 0 Å². The fourth-order valence-electron chi connectivity index (χ4n) is 9.13. The van der Waals surface area contributed by atoms with Crippen LogP contribution in [0, 0.1) is 23.3 Å². The number of alkyl halides is 1. The minimum atomic E-state index is -3.72. The number of sulfonamides is 2. The summed E-state index contributed by atoms with van der Waals surface area (Å²) in [7, 11) is -4.38. The zero-order chi connectivity index (χ0) is 56.3. The van der Waals surface area contributed by atoms with Gasteiger partial charge in [-0.15, -0.1) is 11.6 Å². The Bertz CT molecular complexity index is 3370. The van der Waals surface area contributed by atoms with Crippen LogP contribution in [0.1, 0.15) is 79.3 Å². The molecular formula is C51H67ClF4N14O10S2. The molecule has 4 aliphatic rings. The number of piperazine rings is 2. The maximum atomic E-state index is 13.9. The van der Waals surface area contributed by atoms with E-state index in [9.17, 15) is 44.0 Å². The number of nitrogens with zero attached hydrogens (tertiary/aromatic N) is 14. The summed E-state index contributed by atoms with van der Waals surface area (Å²) in [5.74, 6) is -3.62. The van der Waals surface area contributed by atoms with Crippen LogP contribution in [0.5, 0.6) is 23.5 Å². The van der Waals surface area contributed by atoms with Gasteiger partial charge in [-0.2, -0.15) is 43.4 Å². The Balaban J connectivity index is 0.000000259. The third kappa shape index (κ3) is 16.5. The van der Waals surface area contributed by atoms with Crippen LogP contribution in [0.3, 0.4) is 0 Å². The number of aromatic nitrogens is 10. The Morgan fingerprint density at radius 1 is 0.561 bits per heavy atom. The van der Waals surface area contributed by atoms with Gasteiger partial charge in [-0.3, -0.25) is 9.59 Å². The van der Waals surface area contributed by atoms with Crippen molar-refractivity contribution >= 4 is 43.0 Å². The van der Waals surface area contributed by atoms with Crippen molar-refractivity contribution in [2.45, 2.75) is 91.6 Å². The summed E-state index contributed by atoms with van der Waals surface area (Å²) in [6.45, 7) is 1.88. The maximum Gasteiger partial charge on any atom is 0.335 e. The molecular weight excluding hydrogens is 1140 g/mol. The normalized spacial score (nSPS) is 16.0. The second kappa shape index (κ2) is 29.7. The average Bonchev–Trinajstić information content (AvgIpc) is 3.38. The lowest BCUT2D eigenvalue weighted by atomic mass is 10.2. The highest BCUT2D eigenvalue weighted by Crippen LogP contribution is 2.33. The van der Waals surface area contributed by atoms with Crippen molar-refractivity contribution in [1.29, 1.82) is 0 Å². The van der Waals surface area contributed by atoms with Gasteiger partial charge in [0.05, 0.1) is 74.5 Å². The van der Waals surface area contributed by atoms with Crippen LogP contribution in [0.15, 0.2) is 77.0 Å². The summed E-state index contributed by atoms with van der Waals surface area (Å²) in [4.78, 5) is 38.2. The molecule has 0 atom stereocenters. The van der Waals surface area contributed by atoms with Crippen molar-refractivity contribution in [2.75, 3.05) is 81.6 Å². The molecule has 2 aliphatic heterocycles. The number of methoxy groups -OCH3 is 2. The fourth-order valence-corrected chi connectivity index (χ4v) is 11.8. The number of ether oxygens (including phenoxy) is 4. The standard InChI is InChI=1S/C24H27F2N7O5S.C20H23ClF2N4O4S.C4H5N3O.3CH4/c1-37-24-29-18(13-27-30-24)15-39(35,36)32-8-6-31(7-9-32)21-14-28-33(19-11-16(25)10-17(26)12-19)23(34)22(21)38-20-4-2-3-5-20;21-13-32(29,30)26-7-5-25(6-8-26)18-12-24-27(16-10-14(22)9-15(23)11-16)20(28)19(18)31-17-3-1-2-4-17;1-8-4-5-2-3-6-7-4;;;/h10-14,20H,2-9,15H2,1H3;9-12,17H,1-8,13H2;2-3H,1H3;3*1H4. The maximum absolute atomic E-state index is 13.9. The predicted molar refractivity (Wildman–Crippen MR) is 298 cm³/mol. The predicted octanol–water partition coefficient (Wildman–Crippen LogP) is 5.95. The third-order valence-corrected chi connectivity index (χ3v) is 17.1.